The average Bonchev–Trinajstić information content (AvgIpc) is 2.44. The Hall–Kier alpha value is -1.70. The molecule has 1 aromatic carbocycles. The average molecular weight is 318 g/mol. The summed E-state index contributed by atoms with van der Waals surface area (Å²) in [4.78, 5) is 23.6. The van der Waals surface area contributed by atoms with E-state index in [4.69, 9.17) is 10.5 Å². The number of ether oxygens (including phenoxy) is 1. The number of carbonyl (C=O) groups excluding carboxylic acids is 1. The predicted octanol–water partition coefficient (Wildman–Crippen LogP) is 0.991. The van der Waals surface area contributed by atoms with Gasteiger partial charge >= 0.3 is 0 Å². The van der Waals surface area contributed by atoms with E-state index in [0.29, 0.717) is 19.6 Å². The summed E-state index contributed by atoms with van der Waals surface area (Å²) < 4.78 is 4.90. The molecule has 0 fully saturated rings. The highest BCUT2D eigenvalue weighted by atomic mass is 35.5. The van der Waals surface area contributed by atoms with Gasteiger partial charge in [-0.05, 0) is 12.0 Å². The van der Waals surface area contributed by atoms with Crippen molar-refractivity contribution in [2.24, 2.45) is 5.73 Å². The first-order valence-corrected chi connectivity index (χ1v) is 6.18. The van der Waals surface area contributed by atoms with Crippen molar-refractivity contribution in [1.82, 2.24) is 4.90 Å². The summed E-state index contributed by atoms with van der Waals surface area (Å²) in [6, 6.07) is 5.36. The van der Waals surface area contributed by atoms with E-state index < -0.39 is 11.0 Å². The predicted molar refractivity (Wildman–Crippen MR) is 81.5 cm³/mol. The van der Waals surface area contributed by atoms with Crippen molar-refractivity contribution in [3.05, 3.63) is 39.9 Å². The van der Waals surface area contributed by atoms with Crippen LogP contribution in [-0.4, -0.2) is 49.1 Å². The van der Waals surface area contributed by atoms with Crippen LogP contribution in [-0.2, 0) is 16.0 Å². The number of rotatable bonds is 7. The molecule has 0 saturated carbocycles. The van der Waals surface area contributed by atoms with Crippen molar-refractivity contribution >= 4 is 24.0 Å². The molecule has 1 amide bonds. The lowest BCUT2D eigenvalue weighted by atomic mass is 10.1. The molecule has 0 unspecified atom stereocenters. The fourth-order valence-electron chi connectivity index (χ4n) is 1.72. The van der Waals surface area contributed by atoms with E-state index in [1.54, 1.807) is 26.3 Å². The van der Waals surface area contributed by atoms with Gasteiger partial charge in [-0.1, -0.05) is 12.1 Å². The minimum absolute atomic E-state index is 0. The summed E-state index contributed by atoms with van der Waals surface area (Å²) in [7, 11) is 3.23. The Morgan fingerprint density at radius 2 is 2.00 bits per heavy atom. The Labute approximate surface area is 129 Å². The number of methoxy groups -OCH3 is 1. The standard InChI is InChI=1S/C13H19N3O4.ClH/c1-15(7-8-20-2)13(17)12(14)9-10-3-5-11(6-4-10)16(18)19;/h3-6,12H,7-9,14H2,1-2H3;1H/t12-;/m0./s1. The Bertz CT molecular complexity index is 467. The van der Waals surface area contributed by atoms with Crippen LogP contribution in [0.25, 0.3) is 0 Å². The summed E-state index contributed by atoms with van der Waals surface area (Å²) in [6.07, 6.45) is 0.341. The van der Waals surface area contributed by atoms with E-state index in [2.05, 4.69) is 0 Å². The maximum Gasteiger partial charge on any atom is 0.269 e. The highest BCUT2D eigenvalue weighted by Gasteiger charge is 2.18. The molecule has 7 nitrogen and oxygen atoms in total. The van der Waals surface area contributed by atoms with Crippen LogP contribution in [0.5, 0.6) is 0 Å². The van der Waals surface area contributed by atoms with E-state index in [1.807, 2.05) is 0 Å². The molecule has 118 valence electrons. The third-order valence-corrected chi connectivity index (χ3v) is 2.93. The summed E-state index contributed by atoms with van der Waals surface area (Å²) in [6.45, 7) is 0.926. The van der Waals surface area contributed by atoms with Gasteiger partial charge in [0.2, 0.25) is 5.91 Å². The molecule has 0 aliphatic rings. The lowest BCUT2D eigenvalue weighted by Gasteiger charge is -2.21. The number of nitrogens with zero attached hydrogens (tertiary/aromatic N) is 2. The fourth-order valence-corrected chi connectivity index (χ4v) is 1.72. The smallest absolute Gasteiger partial charge is 0.269 e. The van der Waals surface area contributed by atoms with Crippen molar-refractivity contribution in [2.75, 3.05) is 27.3 Å². The van der Waals surface area contributed by atoms with Gasteiger partial charge in [0.25, 0.3) is 5.69 Å². The second-order valence-electron chi connectivity index (χ2n) is 4.49. The van der Waals surface area contributed by atoms with Gasteiger partial charge in [0, 0.05) is 32.8 Å². The first-order chi connectivity index (χ1) is 9.45. The second kappa shape index (κ2) is 9.28. The first kappa shape index (κ1) is 19.3. The van der Waals surface area contributed by atoms with Crippen molar-refractivity contribution in [3.63, 3.8) is 0 Å². The molecule has 0 bridgehead atoms. The minimum atomic E-state index is -0.668. The lowest BCUT2D eigenvalue weighted by Crippen LogP contribution is -2.44. The van der Waals surface area contributed by atoms with E-state index in [1.165, 1.54) is 17.0 Å². The molecule has 8 heteroatoms. The fraction of sp³-hybridized carbons (Fsp3) is 0.462. The Morgan fingerprint density at radius 1 is 1.43 bits per heavy atom. The third kappa shape index (κ3) is 6.07. The molecule has 21 heavy (non-hydrogen) atoms. The van der Waals surface area contributed by atoms with Gasteiger partial charge in [-0.25, -0.2) is 0 Å². The Morgan fingerprint density at radius 3 is 2.48 bits per heavy atom. The maximum absolute atomic E-state index is 12.0. The minimum Gasteiger partial charge on any atom is -0.383 e. The molecule has 0 aliphatic carbocycles. The number of hydrogen-bond donors (Lipinski definition) is 1. The molecular weight excluding hydrogens is 298 g/mol. The highest BCUT2D eigenvalue weighted by molar-refractivity contribution is 5.85. The highest BCUT2D eigenvalue weighted by Crippen LogP contribution is 2.13. The summed E-state index contributed by atoms with van der Waals surface area (Å²) in [5.41, 5.74) is 6.66. The maximum atomic E-state index is 12.0. The van der Waals surface area contributed by atoms with Gasteiger partial charge in [0.1, 0.15) is 0 Å². The summed E-state index contributed by atoms with van der Waals surface area (Å²) in [5.74, 6) is -0.180. The van der Waals surface area contributed by atoms with Crippen LogP contribution in [0.1, 0.15) is 5.56 Å². The van der Waals surface area contributed by atoms with Crippen LogP contribution in [0.3, 0.4) is 0 Å². The van der Waals surface area contributed by atoms with Crippen LogP contribution in [0.4, 0.5) is 5.69 Å². The number of nitrogens with two attached hydrogens (primary N) is 1. The number of likely N-dealkylation sites (N-methyl/N-ethyl adjacent to an activating group) is 1. The molecule has 0 aliphatic heterocycles. The zero-order valence-corrected chi connectivity index (χ0v) is 12.8. The topological polar surface area (TPSA) is 98.7 Å². The van der Waals surface area contributed by atoms with E-state index >= 15 is 0 Å². The molecule has 0 saturated heterocycles. The number of hydrogen-bond acceptors (Lipinski definition) is 5. The third-order valence-electron chi connectivity index (χ3n) is 2.93. The van der Waals surface area contributed by atoms with Gasteiger partial charge in [-0.15, -0.1) is 12.4 Å². The molecule has 1 aromatic rings. The number of benzene rings is 1. The first-order valence-electron chi connectivity index (χ1n) is 6.18. The molecule has 2 N–H and O–H groups in total. The monoisotopic (exact) mass is 317 g/mol. The molecule has 0 aromatic heterocycles. The quantitative estimate of drug-likeness (QED) is 0.597. The lowest BCUT2D eigenvalue weighted by molar-refractivity contribution is -0.384. The van der Waals surface area contributed by atoms with Crippen LogP contribution < -0.4 is 5.73 Å². The SMILES string of the molecule is COCCN(C)C(=O)[C@@H](N)Cc1ccc([N+](=O)[O-])cc1.Cl. The van der Waals surface area contributed by atoms with Gasteiger partial charge in [-0.3, -0.25) is 14.9 Å². The van der Waals surface area contributed by atoms with E-state index in [0.717, 1.165) is 5.56 Å². The van der Waals surface area contributed by atoms with Crippen molar-refractivity contribution in [1.29, 1.82) is 0 Å². The zero-order valence-electron chi connectivity index (χ0n) is 12.0. The Kier molecular flexibility index (Phi) is 8.52. The Balaban J connectivity index is 0.00000400. The van der Waals surface area contributed by atoms with Crippen LogP contribution >= 0.6 is 12.4 Å². The van der Waals surface area contributed by atoms with E-state index in [9.17, 15) is 14.9 Å². The van der Waals surface area contributed by atoms with Gasteiger partial charge < -0.3 is 15.4 Å². The summed E-state index contributed by atoms with van der Waals surface area (Å²) >= 11 is 0. The van der Waals surface area contributed by atoms with Gasteiger partial charge in [0.05, 0.1) is 17.6 Å². The van der Waals surface area contributed by atoms with Gasteiger partial charge in [-0.2, -0.15) is 0 Å². The van der Waals surface area contributed by atoms with E-state index in [-0.39, 0.29) is 24.0 Å². The van der Waals surface area contributed by atoms with Gasteiger partial charge in [0.15, 0.2) is 0 Å². The zero-order chi connectivity index (χ0) is 15.1. The number of nitro benzene ring substituents is 1. The van der Waals surface area contributed by atoms with Crippen LogP contribution in [0.2, 0.25) is 0 Å². The van der Waals surface area contributed by atoms with Crippen LogP contribution in [0, 0.1) is 10.1 Å². The number of halogens is 1. The van der Waals surface area contributed by atoms with Crippen molar-refractivity contribution < 1.29 is 14.5 Å². The number of amides is 1. The molecule has 0 radical (unpaired) electrons. The molecule has 1 rings (SSSR count). The second-order valence-corrected chi connectivity index (χ2v) is 4.49. The summed E-state index contributed by atoms with van der Waals surface area (Å²) in [5, 5.41) is 10.5. The number of non-ortho nitro benzene ring substituents is 1. The largest absolute Gasteiger partial charge is 0.383 e. The van der Waals surface area contributed by atoms with Crippen molar-refractivity contribution in [2.45, 2.75) is 12.5 Å². The molecular formula is C13H20ClN3O4. The molecule has 0 heterocycles. The molecule has 0 spiro atoms. The normalized spacial score (nSPS) is 11.4. The molecule has 1 atom stereocenters. The number of carbonyl (C=O) groups is 1. The van der Waals surface area contributed by atoms with Crippen LogP contribution in [0.15, 0.2) is 24.3 Å². The number of nitro groups is 1. The van der Waals surface area contributed by atoms with Crippen molar-refractivity contribution in [3.8, 4) is 0 Å².